The average molecular weight is 308 g/mol. The van der Waals surface area contributed by atoms with Crippen molar-refractivity contribution in [2.45, 2.75) is 68.6 Å². The molecule has 0 aromatic heterocycles. The first-order valence-electron chi connectivity index (χ1n) is 7.66. The van der Waals surface area contributed by atoms with Crippen molar-refractivity contribution < 1.29 is 9.84 Å². The topological polar surface area (TPSA) is 29.5 Å². The van der Waals surface area contributed by atoms with Gasteiger partial charge >= 0.3 is 0 Å². The van der Waals surface area contributed by atoms with E-state index in [0.717, 1.165) is 0 Å². The molecule has 0 amide bonds. The van der Waals surface area contributed by atoms with Crippen LogP contribution in [0.2, 0.25) is 0 Å². The summed E-state index contributed by atoms with van der Waals surface area (Å²) in [5.41, 5.74) is 2.96. The number of rotatable bonds is 2. The molecular formula is C18H28O2S. The largest absolute Gasteiger partial charge is 0.389 e. The number of ether oxygens (including phenoxy) is 1. The smallest absolute Gasteiger partial charge is 0.0917 e. The Labute approximate surface area is 133 Å². The quantitative estimate of drug-likeness (QED) is 0.890. The molecule has 0 bridgehead atoms. The van der Waals surface area contributed by atoms with E-state index in [9.17, 15) is 5.11 Å². The fraction of sp³-hybridized carbons (Fsp3) is 0.667. The summed E-state index contributed by atoms with van der Waals surface area (Å²) in [5, 5.41) is 10.1. The van der Waals surface area contributed by atoms with E-state index in [2.05, 4.69) is 59.7 Å². The molecule has 1 fully saturated rings. The Balaban J connectivity index is 2.36. The molecule has 0 unspecified atom stereocenters. The second-order valence-electron chi connectivity index (χ2n) is 8.01. The first-order chi connectivity index (χ1) is 9.57. The Kier molecular flexibility index (Phi) is 4.77. The first-order valence-corrected chi connectivity index (χ1v) is 8.54. The molecule has 0 aliphatic carbocycles. The molecule has 0 radical (unpaired) electrons. The van der Waals surface area contributed by atoms with E-state index in [-0.39, 0.29) is 22.2 Å². The Morgan fingerprint density at radius 3 is 1.86 bits per heavy atom. The zero-order valence-corrected chi connectivity index (χ0v) is 14.9. The third kappa shape index (κ3) is 4.24. The van der Waals surface area contributed by atoms with E-state index < -0.39 is 0 Å². The Morgan fingerprint density at radius 2 is 1.48 bits per heavy atom. The van der Waals surface area contributed by atoms with Crippen molar-refractivity contribution in [3.63, 3.8) is 0 Å². The normalized spacial score (nSPS) is 23.6. The number of hydrogen-bond acceptors (Lipinski definition) is 3. The Bertz CT molecular complexity index is 465. The fourth-order valence-electron chi connectivity index (χ4n) is 2.34. The van der Waals surface area contributed by atoms with Crippen LogP contribution in [-0.4, -0.2) is 29.7 Å². The van der Waals surface area contributed by atoms with Crippen molar-refractivity contribution in [2.24, 2.45) is 0 Å². The Hall–Kier alpha value is -0.510. The van der Waals surface area contributed by atoms with Gasteiger partial charge in [0.2, 0.25) is 0 Å². The van der Waals surface area contributed by atoms with Crippen LogP contribution in [0.15, 0.2) is 23.1 Å². The second kappa shape index (κ2) is 5.94. The number of aliphatic hydroxyl groups is 1. The van der Waals surface area contributed by atoms with Crippen LogP contribution in [0.25, 0.3) is 0 Å². The highest BCUT2D eigenvalue weighted by atomic mass is 32.2. The summed E-state index contributed by atoms with van der Waals surface area (Å²) in [6.07, 6.45) is -0.355. The third-order valence-corrected chi connectivity index (χ3v) is 5.19. The lowest BCUT2D eigenvalue weighted by molar-refractivity contribution is 0.127. The van der Waals surface area contributed by atoms with Crippen molar-refractivity contribution in [2.75, 3.05) is 13.2 Å². The molecule has 2 nitrogen and oxygen atoms in total. The van der Waals surface area contributed by atoms with Gasteiger partial charge in [0.05, 0.1) is 24.6 Å². The van der Waals surface area contributed by atoms with Crippen LogP contribution in [-0.2, 0) is 15.6 Å². The predicted octanol–water partition coefficient (Wildman–Crippen LogP) is 4.13. The summed E-state index contributed by atoms with van der Waals surface area (Å²) in [7, 11) is 0. The van der Waals surface area contributed by atoms with Crippen LogP contribution in [0.1, 0.15) is 52.7 Å². The van der Waals surface area contributed by atoms with Crippen LogP contribution < -0.4 is 0 Å². The molecule has 1 N–H and O–H groups in total. The lowest BCUT2D eigenvalue weighted by atomic mass is 9.81. The van der Waals surface area contributed by atoms with Crippen molar-refractivity contribution in [1.82, 2.24) is 0 Å². The Morgan fingerprint density at radius 1 is 0.952 bits per heavy atom. The number of benzene rings is 1. The zero-order valence-electron chi connectivity index (χ0n) is 14.1. The summed E-state index contributed by atoms with van der Waals surface area (Å²) in [6, 6.07) is 6.86. The van der Waals surface area contributed by atoms with Crippen LogP contribution in [0.5, 0.6) is 0 Å². The van der Waals surface area contributed by atoms with E-state index >= 15 is 0 Å². The van der Waals surface area contributed by atoms with Gasteiger partial charge in [-0.2, -0.15) is 0 Å². The SMILES string of the molecule is CC(C)(C)c1cc(S[C@@H]2COC[C@H]2O)cc(C(C)(C)C)c1. The summed E-state index contributed by atoms with van der Waals surface area (Å²) >= 11 is 1.74. The van der Waals surface area contributed by atoms with Gasteiger partial charge in [0.15, 0.2) is 0 Å². The summed E-state index contributed by atoms with van der Waals surface area (Å²) in [6.45, 7) is 14.6. The second-order valence-corrected chi connectivity index (χ2v) is 9.32. The van der Waals surface area contributed by atoms with E-state index in [1.807, 2.05) is 0 Å². The molecule has 1 aliphatic heterocycles. The van der Waals surface area contributed by atoms with Crippen molar-refractivity contribution >= 4 is 11.8 Å². The van der Waals surface area contributed by atoms with Crippen LogP contribution in [0.3, 0.4) is 0 Å². The molecule has 21 heavy (non-hydrogen) atoms. The highest BCUT2D eigenvalue weighted by Gasteiger charge is 2.28. The van der Waals surface area contributed by atoms with Crippen LogP contribution in [0.4, 0.5) is 0 Å². The molecule has 1 aromatic carbocycles. The van der Waals surface area contributed by atoms with Gasteiger partial charge in [-0.1, -0.05) is 47.6 Å². The lowest BCUT2D eigenvalue weighted by Gasteiger charge is -2.26. The van der Waals surface area contributed by atoms with Crippen molar-refractivity contribution in [3.8, 4) is 0 Å². The van der Waals surface area contributed by atoms with Crippen LogP contribution >= 0.6 is 11.8 Å². The minimum atomic E-state index is -0.355. The van der Waals surface area contributed by atoms with Gasteiger partial charge in [0, 0.05) is 4.90 Å². The molecule has 118 valence electrons. The third-order valence-electron chi connectivity index (χ3n) is 3.93. The first kappa shape index (κ1) is 16.9. The van der Waals surface area contributed by atoms with Gasteiger partial charge < -0.3 is 9.84 Å². The highest BCUT2D eigenvalue weighted by Crippen LogP contribution is 2.36. The summed E-state index contributed by atoms with van der Waals surface area (Å²) < 4.78 is 5.37. The maximum Gasteiger partial charge on any atom is 0.0917 e. The molecular weight excluding hydrogens is 280 g/mol. The number of thioether (sulfide) groups is 1. The molecule has 1 heterocycles. The molecule has 3 heteroatoms. The van der Waals surface area contributed by atoms with Crippen LogP contribution in [0, 0.1) is 0 Å². The average Bonchev–Trinajstić information content (AvgIpc) is 2.72. The summed E-state index contributed by atoms with van der Waals surface area (Å²) in [5.74, 6) is 0. The highest BCUT2D eigenvalue weighted by molar-refractivity contribution is 8.00. The predicted molar refractivity (Wildman–Crippen MR) is 90.3 cm³/mol. The fourth-order valence-corrected chi connectivity index (χ4v) is 3.48. The van der Waals surface area contributed by atoms with Gasteiger partial charge in [0.25, 0.3) is 0 Å². The van der Waals surface area contributed by atoms with Crippen molar-refractivity contribution in [1.29, 1.82) is 0 Å². The summed E-state index contributed by atoms with van der Waals surface area (Å²) in [4.78, 5) is 1.24. The van der Waals surface area contributed by atoms with Crippen molar-refractivity contribution in [3.05, 3.63) is 29.3 Å². The zero-order chi connectivity index (χ0) is 15.8. The molecule has 0 saturated carbocycles. The molecule has 0 spiro atoms. The maximum absolute atomic E-state index is 9.96. The van der Waals surface area contributed by atoms with E-state index in [0.29, 0.717) is 13.2 Å². The lowest BCUT2D eigenvalue weighted by Crippen LogP contribution is -2.20. The van der Waals surface area contributed by atoms with Gasteiger partial charge in [-0.05, 0) is 34.1 Å². The van der Waals surface area contributed by atoms with Gasteiger partial charge in [-0.15, -0.1) is 11.8 Å². The van der Waals surface area contributed by atoms with Gasteiger partial charge in [0.1, 0.15) is 0 Å². The van der Waals surface area contributed by atoms with Gasteiger partial charge in [-0.3, -0.25) is 0 Å². The molecule has 1 aliphatic rings. The molecule has 1 aromatic rings. The molecule has 2 rings (SSSR count). The maximum atomic E-state index is 9.96. The standard InChI is InChI=1S/C18H28O2S/c1-17(2,3)12-7-13(18(4,5)6)9-14(8-12)21-16-11-20-10-15(16)19/h7-9,15-16,19H,10-11H2,1-6H3/t15-,16-/m1/s1. The minimum Gasteiger partial charge on any atom is -0.389 e. The number of hydrogen-bond donors (Lipinski definition) is 1. The van der Waals surface area contributed by atoms with E-state index in [4.69, 9.17) is 4.74 Å². The van der Waals surface area contributed by atoms with E-state index in [1.54, 1.807) is 11.8 Å². The molecule has 1 saturated heterocycles. The monoisotopic (exact) mass is 308 g/mol. The van der Waals surface area contributed by atoms with E-state index in [1.165, 1.54) is 16.0 Å². The van der Waals surface area contributed by atoms with Gasteiger partial charge in [-0.25, -0.2) is 0 Å². The minimum absolute atomic E-state index is 0.126. The molecule has 2 atom stereocenters. The number of aliphatic hydroxyl groups excluding tert-OH is 1.